The molecule has 1 aromatic rings. The van der Waals surface area contributed by atoms with Crippen LogP contribution in [0.3, 0.4) is 0 Å². The van der Waals surface area contributed by atoms with Gasteiger partial charge < -0.3 is 9.67 Å². The number of piperidine rings is 1. The first kappa shape index (κ1) is 14.5. The van der Waals surface area contributed by atoms with E-state index in [1.54, 1.807) is 13.1 Å². The number of hydrogen-bond donors (Lipinski definition) is 1. The fourth-order valence-corrected chi connectivity index (χ4v) is 4.00. The van der Waals surface area contributed by atoms with Crippen molar-refractivity contribution in [3.8, 4) is 0 Å². The van der Waals surface area contributed by atoms with Crippen LogP contribution in [-0.2, 0) is 16.6 Å². The molecule has 0 saturated carbocycles. The van der Waals surface area contributed by atoms with Crippen LogP contribution in [0.2, 0.25) is 0 Å². The van der Waals surface area contributed by atoms with E-state index in [4.69, 9.17) is 0 Å². The van der Waals surface area contributed by atoms with Gasteiger partial charge in [0.25, 0.3) is 10.0 Å². The van der Waals surface area contributed by atoms with Gasteiger partial charge >= 0.3 is 0 Å². The molecule has 108 valence electrons. The lowest BCUT2D eigenvalue weighted by molar-refractivity contribution is 0.165. The molecule has 1 aliphatic heterocycles. The molecule has 0 aromatic carbocycles. The SMILES string of the molecule is CCn1cc(S(=O)(=O)N2CCCC(CO)C2)nc1C. The summed E-state index contributed by atoms with van der Waals surface area (Å²) in [6.07, 6.45) is 3.26. The second kappa shape index (κ2) is 5.60. The Morgan fingerprint density at radius 1 is 1.53 bits per heavy atom. The molecule has 0 amide bonds. The summed E-state index contributed by atoms with van der Waals surface area (Å²) < 4.78 is 28.3. The number of aliphatic hydroxyl groups is 1. The van der Waals surface area contributed by atoms with Gasteiger partial charge in [0.05, 0.1) is 0 Å². The molecule has 1 aliphatic rings. The van der Waals surface area contributed by atoms with E-state index in [9.17, 15) is 13.5 Å². The van der Waals surface area contributed by atoms with Gasteiger partial charge in [-0.05, 0) is 32.6 Å². The molecule has 1 saturated heterocycles. The number of aryl methyl sites for hydroxylation is 2. The first-order valence-electron chi connectivity index (χ1n) is 6.63. The van der Waals surface area contributed by atoms with Crippen molar-refractivity contribution in [3.63, 3.8) is 0 Å². The van der Waals surface area contributed by atoms with Crippen molar-refractivity contribution in [2.45, 2.75) is 38.3 Å². The Balaban J connectivity index is 2.25. The highest BCUT2D eigenvalue weighted by atomic mass is 32.2. The Kier molecular flexibility index (Phi) is 4.27. The van der Waals surface area contributed by atoms with Crippen molar-refractivity contribution in [2.75, 3.05) is 19.7 Å². The van der Waals surface area contributed by atoms with E-state index in [1.165, 1.54) is 4.31 Å². The van der Waals surface area contributed by atoms with E-state index in [0.717, 1.165) is 12.8 Å². The van der Waals surface area contributed by atoms with Gasteiger partial charge in [-0.3, -0.25) is 0 Å². The number of nitrogens with zero attached hydrogens (tertiary/aromatic N) is 3. The second-order valence-corrected chi connectivity index (χ2v) is 6.85. The fraction of sp³-hybridized carbons (Fsp3) is 0.750. The molecule has 0 aliphatic carbocycles. The predicted molar refractivity (Wildman–Crippen MR) is 71.2 cm³/mol. The summed E-state index contributed by atoms with van der Waals surface area (Å²) in [5, 5.41) is 9.31. The lowest BCUT2D eigenvalue weighted by Gasteiger charge is -2.30. The summed E-state index contributed by atoms with van der Waals surface area (Å²) in [5.41, 5.74) is 0. The maximum Gasteiger partial charge on any atom is 0.262 e. The average Bonchev–Trinajstić information content (AvgIpc) is 2.80. The van der Waals surface area contributed by atoms with Gasteiger partial charge in [0.2, 0.25) is 0 Å². The molecular weight excluding hydrogens is 266 g/mol. The highest BCUT2D eigenvalue weighted by molar-refractivity contribution is 7.89. The van der Waals surface area contributed by atoms with Crippen molar-refractivity contribution in [3.05, 3.63) is 12.0 Å². The van der Waals surface area contributed by atoms with E-state index in [-0.39, 0.29) is 17.6 Å². The molecule has 2 rings (SSSR count). The molecule has 0 spiro atoms. The van der Waals surface area contributed by atoms with E-state index < -0.39 is 10.0 Å². The number of sulfonamides is 1. The van der Waals surface area contributed by atoms with Gasteiger partial charge in [0.1, 0.15) is 5.82 Å². The Morgan fingerprint density at radius 2 is 2.26 bits per heavy atom. The highest BCUT2D eigenvalue weighted by Gasteiger charge is 2.31. The quantitative estimate of drug-likeness (QED) is 0.880. The van der Waals surface area contributed by atoms with Crippen LogP contribution in [0.5, 0.6) is 0 Å². The summed E-state index contributed by atoms with van der Waals surface area (Å²) in [7, 11) is -3.53. The number of imidazole rings is 1. The van der Waals surface area contributed by atoms with Gasteiger partial charge in [0.15, 0.2) is 5.03 Å². The van der Waals surface area contributed by atoms with E-state index in [0.29, 0.717) is 25.5 Å². The minimum Gasteiger partial charge on any atom is -0.396 e. The lowest BCUT2D eigenvalue weighted by atomic mass is 10.0. The first-order valence-corrected chi connectivity index (χ1v) is 8.07. The largest absolute Gasteiger partial charge is 0.396 e. The zero-order valence-corrected chi connectivity index (χ0v) is 12.2. The van der Waals surface area contributed by atoms with Crippen LogP contribution in [0.4, 0.5) is 0 Å². The topological polar surface area (TPSA) is 75.4 Å². The third-order valence-electron chi connectivity index (χ3n) is 3.64. The van der Waals surface area contributed by atoms with Gasteiger partial charge in [-0.1, -0.05) is 0 Å². The molecule has 6 nitrogen and oxygen atoms in total. The van der Waals surface area contributed by atoms with Crippen LogP contribution in [-0.4, -0.2) is 47.1 Å². The second-order valence-electron chi connectivity index (χ2n) is 4.97. The normalized spacial score (nSPS) is 21.7. The van der Waals surface area contributed by atoms with Crippen LogP contribution >= 0.6 is 0 Å². The van der Waals surface area contributed by atoms with Crippen LogP contribution in [0.15, 0.2) is 11.2 Å². The van der Waals surface area contributed by atoms with Gasteiger partial charge in [-0.25, -0.2) is 13.4 Å². The Morgan fingerprint density at radius 3 is 2.84 bits per heavy atom. The zero-order valence-electron chi connectivity index (χ0n) is 11.4. The van der Waals surface area contributed by atoms with E-state index >= 15 is 0 Å². The summed E-state index contributed by atoms with van der Waals surface area (Å²) >= 11 is 0. The third-order valence-corrected chi connectivity index (χ3v) is 5.38. The zero-order chi connectivity index (χ0) is 14.0. The molecular formula is C12H21N3O3S. The van der Waals surface area contributed by atoms with Crippen molar-refractivity contribution in [2.24, 2.45) is 5.92 Å². The number of hydrogen-bond acceptors (Lipinski definition) is 4. The smallest absolute Gasteiger partial charge is 0.262 e. The van der Waals surface area contributed by atoms with Crippen molar-refractivity contribution < 1.29 is 13.5 Å². The predicted octanol–water partition coefficient (Wildman–Crippen LogP) is 0.604. The summed E-state index contributed by atoms with van der Waals surface area (Å²) in [5.74, 6) is 0.745. The summed E-state index contributed by atoms with van der Waals surface area (Å²) in [4.78, 5) is 4.15. The lowest BCUT2D eigenvalue weighted by Crippen LogP contribution is -2.41. The number of aliphatic hydroxyl groups excluding tert-OH is 1. The van der Waals surface area contributed by atoms with Gasteiger partial charge in [-0.2, -0.15) is 4.31 Å². The minimum absolute atomic E-state index is 0.0362. The molecule has 1 aromatic heterocycles. The molecule has 2 heterocycles. The molecule has 0 radical (unpaired) electrons. The number of rotatable bonds is 4. The first-order chi connectivity index (χ1) is 8.98. The van der Waals surface area contributed by atoms with E-state index in [2.05, 4.69) is 4.98 Å². The molecule has 19 heavy (non-hydrogen) atoms. The number of aromatic nitrogens is 2. The standard InChI is InChI=1S/C12H21N3O3S/c1-3-14-8-12(13-10(14)2)19(17,18)15-6-4-5-11(7-15)9-16/h8,11,16H,3-7,9H2,1-2H3. The molecule has 1 fully saturated rings. The van der Waals surface area contributed by atoms with Crippen LogP contribution in [0.25, 0.3) is 0 Å². The monoisotopic (exact) mass is 287 g/mol. The summed E-state index contributed by atoms with van der Waals surface area (Å²) in [6, 6.07) is 0. The van der Waals surface area contributed by atoms with E-state index in [1.807, 2.05) is 11.5 Å². The van der Waals surface area contributed by atoms with Gasteiger partial charge in [0, 0.05) is 32.4 Å². The van der Waals surface area contributed by atoms with Crippen molar-refractivity contribution in [1.29, 1.82) is 0 Å². The highest BCUT2D eigenvalue weighted by Crippen LogP contribution is 2.23. The molecule has 1 N–H and O–H groups in total. The molecule has 0 bridgehead atoms. The van der Waals surface area contributed by atoms with Crippen LogP contribution in [0.1, 0.15) is 25.6 Å². The average molecular weight is 287 g/mol. The van der Waals surface area contributed by atoms with Gasteiger partial charge in [-0.15, -0.1) is 0 Å². The van der Waals surface area contributed by atoms with Crippen molar-refractivity contribution >= 4 is 10.0 Å². The van der Waals surface area contributed by atoms with Crippen LogP contribution in [0, 0.1) is 12.8 Å². The fourth-order valence-electron chi connectivity index (χ4n) is 2.45. The van der Waals surface area contributed by atoms with Crippen molar-refractivity contribution in [1.82, 2.24) is 13.9 Å². The third kappa shape index (κ3) is 2.82. The van der Waals surface area contributed by atoms with Crippen LogP contribution < -0.4 is 0 Å². The molecule has 7 heteroatoms. The maximum atomic E-state index is 12.5. The Hall–Kier alpha value is -0.920. The maximum absolute atomic E-state index is 12.5. The molecule has 1 atom stereocenters. The Bertz CT molecular complexity index is 538. The minimum atomic E-state index is -3.53. The summed E-state index contributed by atoms with van der Waals surface area (Å²) in [6.45, 7) is 5.39. The molecule has 1 unspecified atom stereocenters. The Labute approximate surface area is 114 Å².